The Morgan fingerprint density at radius 1 is 1.27 bits per heavy atom. The second-order valence-corrected chi connectivity index (χ2v) is 4.97. The van der Waals surface area contributed by atoms with E-state index in [0.29, 0.717) is 0 Å². The Kier molecular flexibility index (Phi) is 2.75. The predicted octanol–water partition coefficient (Wildman–Crippen LogP) is 1.74. The molecule has 1 nitrogen and oxygen atoms in total. The Balaban J connectivity index is 1.71. The zero-order valence-corrected chi connectivity index (χ0v) is 7.83. The lowest BCUT2D eigenvalue weighted by molar-refractivity contribution is 0.421. The van der Waals surface area contributed by atoms with Crippen molar-refractivity contribution in [1.29, 1.82) is 0 Å². The van der Waals surface area contributed by atoms with E-state index in [-0.39, 0.29) is 0 Å². The SMILES string of the molecule is C1CC(CC2CCSC2)CN1. The molecule has 2 heteroatoms. The van der Waals surface area contributed by atoms with Crippen molar-refractivity contribution in [2.45, 2.75) is 19.3 Å². The van der Waals surface area contributed by atoms with Gasteiger partial charge in [0.05, 0.1) is 0 Å². The van der Waals surface area contributed by atoms with Crippen molar-refractivity contribution in [2.24, 2.45) is 11.8 Å². The van der Waals surface area contributed by atoms with Gasteiger partial charge < -0.3 is 5.32 Å². The topological polar surface area (TPSA) is 12.0 Å². The van der Waals surface area contributed by atoms with Gasteiger partial charge in [-0.15, -0.1) is 0 Å². The molecule has 2 heterocycles. The van der Waals surface area contributed by atoms with E-state index < -0.39 is 0 Å². The fourth-order valence-corrected chi connectivity index (χ4v) is 3.46. The number of rotatable bonds is 2. The largest absolute Gasteiger partial charge is 0.316 e. The summed E-state index contributed by atoms with van der Waals surface area (Å²) in [6.45, 7) is 2.56. The minimum atomic E-state index is 1.01. The van der Waals surface area contributed by atoms with Crippen LogP contribution in [0.5, 0.6) is 0 Å². The first-order chi connectivity index (χ1) is 5.45. The maximum Gasteiger partial charge on any atom is -0.00199 e. The van der Waals surface area contributed by atoms with Crippen molar-refractivity contribution >= 4 is 11.8 Å². The quantitative estimate of drug-likeness (QED) is 0.679. The van der Waals surface area contributed by atoms with Gasteiger partial charge in [-0.3, -0.25) is 0 Å². The van der Waals surface area contributed by atoms with Gasteiger partial charge in [-0.25, -0.2) is 0 Å². The first-order valence-corrected chi connectivity index (χ1v) is 5.89. The lowest BCUT2D eigenvalue weighted by atomic mass is 9.93. The van der Waals surface area contributed by atoms with Crippen LogP contribution in [0.25, 0.3) is 0 Å². The summed E-state index contributed by atoms with van der Waals surface area (Å²) in [6, 6.07) is 0. The van der Waals surface area contributed by atoms with E-state index in [1.807, 2.05) is 0 Å². The van der Waals surface area contributed by atoms with Crippen LogP contribution in [-0.2, 0) is 0 Å². The van der Waals surface area contributed by atoms with Gasteiger partial charge in [-0.1, -0.05) is 0 Å². The maximum absolute atomic E-state index is 3.44. The van der Waals surface area contributed by atoms with E-state index >= 15 is 0 Å². The van der Waals surface area contributed by atoms with Gasteiger partial charge in [-0.05, 0) is 55.7 Å². The Morgan fingerprint density at radius 2 is 2.27 bits per heavy atom. The minimum absolute atomic E-state index is 1.01. The van der Waals surface area contributed by atoms with Crippen molar-refractivity contribution in [3.63, 3.8) is 0 Å². The first kappa shape index (κ1) is 7.93. The third-order valence-corrected chi connectivity index (χ3v) is 4.08. The molecule has 0 spiro atoms. The molecular weight excluding hydrogens is 154 g/mol. The second kappa shape index (κ2) is 3.81. The van der Waals surface area contributed by atoms with Gasteiger partial charge in [0.15, 0.2) is 0 Å². The Labute approximate surface area is 73.3 Å². The molecule has 0 aromatic heterocycles. The van der Waals surface area contributed by atoms with E-state index in [1.54, 1.807) is 0 Å². The number of nitrogens with one attached hydrogen (secondary N) is 1. The highest BCUT2D eigenvalue weighted by atomic mass is 32.2. The van der Waals surface area contributed by atoms with Crippen molar-refractivity contribution in [3.8, 4) is 0 Å². The molecule has 1 N–H and O–H groups in total. The molecule has 0 aromatic rings. The zero-order valence-electron chi connectivity index (χ0n) is 7.01. The fraction of sp³-hybridized carbons (Fsp3) is 1.00. The Hall–Kier alpha value is 0.310. The fourth-order valence-electron chi connectivity index (χ4n) is 2.16. The highest BCUT2D eigenvalue weighted by Crippen LogP contribution is 2.30. The smallest absolute Gasteiger partial charge is 0.00199 e. The van der Waals surface area contributed by atoms with E-state index in [2.05, 4.69) is 17.1 Å². The van der Waals surface area contributed by atoms with Gasteiger partial charge in [-0.2, -0.15) is 11.8 Å². The van der Waals surface area contributed by atoms with Gasteiger partial charge >= 0.3 is 0 Å². The van der Waals surface area contributed by atoms with Crippen LogP contribution >= 0.6 is 11.8 Å². The molecule has 2 atom stereocenters. The minimum Gasteiger partial charge on any atom is -0.316 e. The molecule has 2 unspecified atom stereocenters. The van der Waals surface area contributed by atoms with Crippen LogP contribution in [0.3, 0.4) is 0 Å². The van der Waals surface area contributed by atoms with E-state index in [4.69, 9.17) is 0 Å². The molecule has 0 aliphatic carbocycles. The van der Waals surface area contributed by atoms with Crippen LogP contribution in [0, 0.1) is 11.8 Å². The molecule has 2 fully saturated rings. The molecule has 0 radical (unpaired) electrons. The summed E-state index contributed by atoms with van der Waals surface area (Å²) in [7, 11) is 0. The van der Waals surface area contributed by atoms with Gasteiger partial charge in [0.2, 0.25) is 0 Å². The molecule has 2 aliphatic heterocycles. The summed E-state index contributed by atoms with van der Waals surface area (Å²) in [5.41, 5.74) is 0. The van der Waals surface area contributed by atoms with Crippen LogP contribution in [0.1, 0.15) is 19.3 Å². The summed E-state index contributed by atoms with van der Waals surface area (Å²) < 4.78 is 0. The number of thioether (sulfide) groups is 1. The van der Waals surface area contributed by atoms with Crippen LogP contribution in [0.15, 0.2) is 0 Å². The summed E-state index contributed by atoms with van der Waals surface area (Å²) >= 11 is 2.15. The summed E-state index contributed by atoms with van der Waals surface area (Å²) in [6.07, 6.45) is 4.42. The molecule has 0 amide bonds. The van der Waals surface area contributed by atoms with Crippen LogP contribution < -0.4 is 5.32 Å². The molecule has 2 rings (SSSR count). The average molecular weight is 171 g/mol. The lowest BCUT2D eigenvalue weighted by Crippen LogP contribution is -2.12. The molecule has 11 heavy (non-hydrogen) atoms. The monoisotopic (exact) mass is 171 g/mol. The van der Waals surface area contributed by atoms with Crippen molar-refractivity contribution in [1.82, 2.24) is 5.32 Å². The van der Waals surface area contributed by atoms with E-state index in [0.717, 1.165) is 11.8 Å². The summed E-state index contributed by atoms with van der Waals surface area (Å²) in [5.74, 6) is 4.94. The highest BCUT2D eigenvalue weighted by Gasteiger charge is 2.22. The third kappa shape index (κ3) is 2.12. The van der Waals surface area contributed by atoms with Crippen LogP contribution in [0.2, 0.25) is 0 Å². The second-order valence-electron chi connectivity index (χ2n) is 3.82. The number of hydrogen-bond acceptors (Lipinski definition) is 2. The molecular formula is C9H17NS. The molecule has 0 aromatic carbocycles. The number of hydrogen-bond donors (Lipinski definition) is 1. The average Bonchev–Trinajstić information content (AvgIpc) is 2.60. The lowest BCUT2D eigenvalue weighted by Gasteiger charge is -2.12. The molecule has 64 valence electrons. The summed E-state index contributed by atoms with van der Waals surface area (Å²) in [5, 5.41) is 3.44. The van der Waals surface area contributed by atoms with Crippen molar-refractivity contribution in [2.75, 3.05) is 24.6 Å². The first-order valence-electron chi connectivity index (χ1n) is 4.73. The van der Waals surface area contributed by atoms with Gasteiger partial charge in [0.1, 0.15) is 0 Å². The van der Waals surface area contributed by atoms with Crippen molar-refractivity contribution < 1.29 is 0 Å². The third-order valence-electron chi connectivity index (χ3n) is 2.85. The molecule has 0 saturated carbocycles. The maximum atomic E-state index is 3.44. The standard InChI is InChI=1S/C9H17NS/c1-3-10-6-8(1)5-9-2-4-11-7-9/h8-10H,1-7H2. The van der Waals surface area contributed by atoms with Crippen LogP contribution in [0.4, 0.5) is 0 Å². The van der Waals surface area contributed by atoms with Gasteiger partial charge in [0, 0.05) is 0 Å². The normalized spacial score (nSPS) is 38.2. The van der Waals surface area contributed by atoms with E-state index in [9.17, 15) is 0 Å². The van der Waals surface area contributed by atoms with E-state index in [1.165, 1.54) is 43.9 Å². The Morgan fingerprint density at radius 3 is 2.91 bits per heavy atom. The van der Waals surface area contributed by atoms with Crippen LogP contribution in [-0.4, -0.2) is 24.6 Å². The Bertz CT molecular complexity index is 101. The molecule has 0 bridgehead atoms. The van der Waals surface area contributed by atoms with Gasteiger partial charge in [0.25, 0.3) is 0 Å². The molecule has 2 aliphatic rings. The summed E-state index contributed by atoms with van der Waals surface area (Å²) in [4.78, 5) is 0. The highest BCUT2D eigenvalue weighted by molar-refractivity contribution is 7.99. The van der Waals surface area contributed by atoms with Crippen molar-refractivity contribution in [3.05, 3.63) is 0 Å². The molecule has 2 saturated heterocycles. The zero-order chi connectivity index (χ0) is 7.52. The predicted molar refractivity (Wildman–Crippen MR) is 51.0 cm³/mol.